The van der Waals surface area contributed by atoms with Gasteiger partial charge < -0.3 is 14.6 Å². The molecule has 2 heterocycles. The van der Waals surface area contributed by atoms with Crippen molar-refractivity contribution in [2.24, 2.45) is 0 Å². The van der Waals surface area contributed by atoms with Gasteiger partial charge in [0, 0.05) is 5.56 Å². The number of Topliss-reactive ketones (excluding diaryl/α,β-unsaturated/α-hetero) is 1. The maximum atomic E-state index is 13.4. The molecule has 0 saturated carbocycles. The Kier molecular flexibility index (Phi) is 6.20. The zero-order valence-electron chi connectivity index (χ0n) is 20.0. The van der Waals surface area contributed by atoms with E-state index in [-0.39, 0.29) is 11.3 Å². The number of anilines is 1. The van der Waals surface area contributed by atoms with E-state index in [0.717, 1.165) is 22.2 Å². The van der Waals surface area contributed by atoms with Crippen LogP contribution in [0.5, 0.6) is 11.5 Å². The predicted molar refractivity (Wildman–Crippen MR) is 140 cm³/mol. The fraction of sp³-hybridized carbons (Fsp3) is 0.179. The van der Waals surface area contributed by atoms with Gasteiger partial charge in [-0.1, -0.05) is 36.5 Å². The molecule has 1 amide bonds. The first-order valence-electron chi connectivity index (χ1n) is 11.4. The maximum Gasteiger partial charge on any atom is 0.301 e. The number of aliphatic hydroxyl groups excluding tert-OH is 1. The highest BCUT2D eigenvalue weighted by molar-refractivity contribution is 7.22. The van der Waals surface area contributed by atoms with Gasteiger partial charge >= 0.3 is 5.91 Å². The number of carbonyl (C=O) groups excluding carboxylic acids is 2. The Hall–Kier alpha value is -4.17. The molecule has 1 aliphatic rings. The molecule has 36 heavy (non-hydrogen) atoms. The molecule has 1 atom stereocenters. The molecule has 0 bridgehead atoms. The maximum absolute atomic E-state index is 13.4. The van der Waals surface area contributed by atoms with E-state index < -0.39 is 17.7 Å². The summed E-state index contributed by atoms with van der Waals surface area (Å²) in [5, 5.41) is 11.7. The quantitative estimate of drug-likeness (QED) is 0.214. The summed E-state index contributed by atoms with van der Waals surface area (Å²) >= 11 is 1.34. The van der Waals surface area contributed by atoms with E-state index in [1.54, 1.807) is 62.8 Å². The lowest BCUT2D eigenvalue weighted by Crippen LogP contribution is -2.29. The number of carbonyl (C=O) groups is 2. The highest BCUT2D eigenvalue weighted by Gasteiger charge is 2.48. The summed E-state index contributed by atoms with van der Waals surface area (Å²) in [6, 6.07) is 18.9. The fourth-order valence-corrected chi connectivity index (χ4v) is 5.40. The molecule has 0 spiro atoms. The van der Waals surface area contributed by atoms with Crippen LogP contribution in [0.3, 0.4) is 0 Å². The minimum atomic E-state index is -0.881. The van der Waals surface area contributed by atoms with Crippen molar-refractivity contribution in [1.29, 1.82) is 0 Å². The molecule has 1 aliphatic heterocycles. The first kappa shape index (κ1) is 23.6. The lowest BCUT2D eigenvalue weighted by Gasteiger charge is -2.23. The molecule has 1 aromatic heterocycles. The number of aryl methyl sites for hydroxylation is 1. The molecule has 0 aliphatic carbocycles. The number of benzene rings is 3. The molecule has 3 aromatic carbocycles. The number of fused-ring (bicyclic) bond motifs is 1. The zero-order chi connectivity index (χ0) is 25.4. The first-order valence-corrected chi connectivity index (χ1v) is 12.3. The third-order valence-electron chi connectivity index (χ3n) is 6.27. The Bertz CT molecular complexity index is 1510. The molecular formula is C28H24N2O5S. The van der Waals surface area contributed by atoms with Gasteiger partial charge in [0.25, 0.3) is 5.78 Å². The summed E-state index contributed by atoms with van der Waals surface area (Å²) in [5.74, 6) is -0.602. The van der Waals surface area contributed by atoms with Crippen molar-refractivity contribution in [3.8, 4) is 11.5 Å². The minimum Gasteiger partial charge on any atom is -0.507 e. The standard InChI is InChI=1S/C28H24N2O5S/c1-4-16-8-13-21-22(14-16)36-28(29-21)30-24(18-6-5-7-20(15-18)35-3)23(26(32)27(30)33)25(31)17-9-11-19(34-2)12-10-17/h5-15,24,31H,4H2,1-3H3. The van der Waals surface area contributed by atoms with E-state index in [2.05, 4.69) is 11.9 Å². The normalized spacial score (nSPS) is 17.1. The number of methoxy groups -OCH3 is 2. The van der Waals surface area contributed by atoms with E-state index >= 15 is 0 Å². The van der Waals surface area contributed by atoms with E-state index in [0.29, 0.717) is 27.8 Å². The van der Waals surface area contributed by atoms with Gasteiger partial charge in [-0.3, -0.25) is 14.5 Å². The molecule has 4 aromatic rings. The third-order valence-corrected chi connectivity index (χ3v) is 7.29. The third kappa shape index (κ3) is 3.99. The van der Waals surface area contributed by atoms with E-state index in [9.17, 15) is 14.7 Å². The van der Waals surface area contributed by atoms with Crippen molar-refractivity contribution in [2.45, 2.75) is 19.4 Å². The number of aromatic nitrogens is 1. The smallest absolute Gasteiger partial charge is 0.301 e. The number of amides is 1. The van der Waals surface area contributed by atoms with Gasteiger partial charge in [0.1, 0.15) is 17.3 Å². The number of thiazole rings is 1. The number of nitrogens with zero attached hydrogens (tertiary/aromatic N) is 2. The molecule has 182 valence electrons. The van der Waals surface area contributed by atoms with Crippen LogP contribution in [0.1, 0.15) is 29.7 Å². The molecule has 1 saturated heterocycles. The molecule has 7 nitrogen and oxygen atoms in total. The summed E-state index contributed by atoms with van der Waals surface area (Å²) in [7, 11) is 3.09. The zero-order valence-corrected chi connectivity index (χ0v) is 20.8. The molecule has 8 heteroatoms. The minimum absolute atomic E-state index is 0.00748. The van der Waals surface area contributed by atoms with E-state index in [4.69, 9.17) is 9.47 Å². The van der Waals surface area contributed by atoms with Crippen molar-refractivity contribution >= 4 is 44.1 Å². The van der Waals surface area contributed by atoms with Crippen molar-refractivity contribution in [1.82, 2.24) is 4.98 Å². The van der Waals surface area contributed by atoms with Gasteiger partial charge in [0.2, 0.25) is 0 Å². The molecule has 1 fully saturated rings. The van der Waals surface area contributed by atoms with Gasteiger partial charge in [-0.05, 0) is 66.1 Å². The number of rotatable bonds is 6. The number of ketones is 1. The highest BCUT2D eigenvalue weighted by atomic mass is 32.1. The summed E-state index contributed by atoms with van der Waals surface area (Å²) in [4.78, 5) is 32.9. The Labute approximate surface area is 212 Å². The summed E-state index contributed by atoms with van der Waals surface area (Å²) in [6.07, 6.45) is 0.874. The van der Waals surface area contributed by atoms with E-state index in [1.807, 2.05) is 18.2 Å². The van der Waals surface area contributed by atoms with Gasteiger partial charge in [-0.25, -0.2) is 4.98 Å². The van der Waals surface area contributed by atoms with Gasteiger partial charge in [-0.2, -0.15) is 0 Å². The summed E-state index contributed by atoms with van der Waals surface area (Å²) in [5.41, 5.74) is 2.92. The van der Waals surface area contributed by atoms with Crippen molar-refractivity contribution in [2.75, 3.05) is 19.1 Å². The van der Waals surface area contributed by atoms with Crippen LogP contribution in [0.4, 0.5) is 5.13 Å². The first-order chi connectivity index (χ1) is 17.4. The molecule has 5 rings (SSSR count). The second-order valence-electron chi connectivity index (χ2n) is 8.33. The van der Waals surface area contributed by atoms with Crippen LogP contribution >= 0.6 is 11.3 Å². The number of ether oxygens (including phenoxy) is 2. The monoisotopic (exact) mass is 500 g/mol. The Morgan fingerprint density at radius 1 is 1.00 bits per heavy atom. The van der Waals surface area contributed by atoms with Crippen LogP contribution in [0.15, 0.2) is 72.3 Å². The molecular weight excluding hydrogens is 476 g/mol. The van der Waals surface area contributed by atoms with Gasteiger partial charge in [0.15, 0.2) is 5.13 Å². The summed E-state index contributed by atoms with van der Waals surface area (Å²) < 4.78 is 11.5. The van der Waals surface area contributed by atoms with Crippen LogP contribution < -0.4 is 14.4 Å². The number of hydrogen-bond acceptors (Lipinski definition) is 7. The van der Waals surface area contributed by atoms with Crippen molar-refractivity contribution in [3.05, 3.63) is 89.0 Å². The lowest BCUT2D eigenvalue weighted by atomic mass is 9.95. The van der Waals surface area contributed by atoms with E-state index in [1.165, 1.54) is 16.2 Å². The molecule has 0 radical (unpaired) electrons. The predicted octanol–water partition coefficient (Wildman–Crippen LogP) is 5.50. The Balaban J connectivity index is 1.71. The van der Waals surface area contributed by atoms with Crippen LogP contribution in [0, 0.1) is 0 Å². The fourth-order valence-electron chi connectivity index (χ4n) is 4.34. The second kappa shape index (κ2) is 9.47. The Morgan fingerprint density at radius 3 is 2.44 bits per heavy atom. The van der Waals surface area contributed by atoms with Crippen LogP contribution in [-0.2, 0) is 16.0 Å². The number of aliphatic hydroxyl groups is 1. The van der Waals surface area contributed by atoms with Crippen LogP contribution in [0.2, 0.25) is 0 Å². The van der Waals surface area contributed by atoms with Gasteiger partial charge in [0.05, 0.1) is 36.1 Å². The van der Waals surface area contributed by atoms with Crippen LogP contribution in [-0.4, -0.2) is 36.0 Å². The second-order valence-corrected chi connectivity index (χ2v) is 9.34. The molecule has 1 N–H and O–H groups in total. The average Bonchev–Trinajstić information content (AvgIpc) is 3.45. The summed E-state index contributed by atoms with van der Waals surface area (Å²) in [6.45, 7) is 2.07. The van der Waals surface area contributed by atoms with Gasteiger partial charge in [-0.15, -0.1) is 0 Å². The largest absolute Gasteiger partial charge is 0.507 e. The average molecular weight is 501 g/mol. The molecule has 1 unspecified atom stereocenters. The van der Waals surface area contributed by atoms with Crippen molar-refractivity contribution < 1.29 is 24.2 Å². The topological polar surface area (TPSA) is 89.0 Å². The highest BCUT2D eigenvalue weighted by Crippen LogP contribution is 2.45. The Morgan fingerprint density at radius 2 is 1.75 bits per heavy atom. The lowest BCUT2D eigenvalue weighted by molar-refractivity contribution is -0.132. The van der Waals surface area contributed by atoms with Crippen molar-refractivity contribution in [3.63, 3.8) is 0 Å². The SMILES string of the molecule is CCc1ccc2nc(N3C(=O)C(=O)C(=C(O)c4ccc(OC)cc4)C3c3cccc(OC)c3)sc2c1. The van der Waals surface area contributed by atoms with Crippen LogP contribution in [0.25, 0.3) is 16.0 Å². The number of hydrogen-bond donors (Lipinski definition) is 1.